The molecule has 2 fully saturated rings. The molecule has 29 heavy (non-hydrogen) atoms. The lowest BCUT2D eigenvalue weighted by atomic mass is 9.86. The van der Waals surface area contributed by atoms with E-state index in [-0.39, 0.29) is 42.2 Å². The molecule has 3 N–H and O–H groups in total. The molecule has 0 radical (unpaired) electrons. The van der Waals surface area contributed by atoms with Gasteiger partial charge in [0.15, 0.2) is 0 Å². The maximum absolute atomic E-state index is 13.1. The van der Waals surface area contributed by atoms with Gasteiger partial charge in [0.2, 0.25) is 11.8 Å². The highest BCUT2D eigenvalue weighted by molar-refractivity contribution is 7.10. The average Bonchev–Trinajstić information content (AvgIpc) is 3.41. The molecule has 1 aromatic heterocycles. The van der Waals surface area contributed by atoms with Gasteiger partial charge in [0.05, 0.1) is 12.0 Å². The SMILES string of the molecule is Cc1ccc(N2C(=O)CCC(C(=O)NCC(N)C3CC3)C2c2cccs2)cc1.Cl. The second-order valence-corrected chi connectivity index (χ2v) is 8.93. The number of carbonyl (C=O) groups is 2. The van der Waals surface area contributed by atoms with E-state index in [0.29, 0.717) is 25.3 Å². The number of hydrogen-bond donors (Lipinski definition) is 2. The molecule has 2 heterocycles. The first-order valence-corrected chi connectivity index (χ1v) is 10.9. The molecule has 1 aliphatic carbocycles. The van der Waals surface area contributed by atoms with Crippen LogP contribution in [0.5, 0.6) is 0 Å². The highest BCUT2D eigenvalue weighted by Gasteiger charge is 2.42. The smallest absolute Gasteiger partial charge is 0.227 e. The standard InChI is InChI=1S/C22H27N3O2S.ClH/c1-14-4-8-16(9-5-14)25-20(26)11-10-17(21(25)19-3-2-12-28-19)22(27)24-13-18(23)15-6-7-15;/h2-5,8-9,12,15,17-18,21H,6-7,10-11,13,23H2,1H3,(H,24,27);1H. The zero-order chi connectivity index (χ0) is 19.7. The highest BCUT2D eigenvalue weighted by Crippen LogP contribution is 2.41. The van der Waals surface area contributed by atoms with Crippen molar-refractivity contribution in [1.29, 1.82) is 0 Å². The number of rotatable bonds is 6. The van der Waals surface area contributed by atoms with Crippen LogP contribution >= 0.6 is 23.7 Å². The van der Waals surface area contributed by atoms with Crippen LogP contribution in [0.15, 0.2) is 41.8 Å². The van der Waals surface area contributed by atoms with Gasteiger partial charge >= 0.3 is 0 Å². The predicted molar refractivity (Wildman–Crippen MR) is 119 cm³/mol. The molecule has 3 unspecified atom stereocenters. The van der Waals surface area contributed by atoms with Crippen molar-refractivity contribution in [2.45, 2.75) is 44.7 Å². The van der Waals surface area contributed by atoms with Crippen molar-refractivity contribution in [2.24, 2.45) is 17.6 Å². The zero-order valence-electron chi connectivity index (χ0n) is 16.5. The van der Waals surface area contributed by atoms with Gasteiger partial charge in [-0.1, -0.05) is 23.8 Å². The predicted octanol–water partition coefficient (Wildman–Crippen LogP) is 3.82. The van der Waals surface area contributed by atoms with Crippen molar-refractivity contribution in [3.63, 3.8) is 0 Å². The summed E-state index contributed by atoms with van der Waals surface area (Å²) in [6.45, 7) is 2.54. The van der Waals surface area contributed by atoms with Crippen molar-refractivity contribution in [3.05, 3.63) is 52.2 Å². The van der Waals surface area contributed by atoms with Crippen LogP contribution in [0.4, 0.5) is 5.69 Å². The minimum Gasteiger partial charge on any atom is -0.354 e. The topological polar surface area (TPSA) is 75.4 Å². The van der Waals surface area contributed by atoms with E-state index < -0.39 is 0 Å². The average molecular weight is 434 g/mol. The summed E-state index contributed by atoms with van der Waals surface area (Å²) in [7, 11) is 0. The lowest BCUT2D eigenvalue weighted by molar-refractivity contribution is -0.129. The number of anilines is 1. The van der Waals surface area contributed by atoms with Crippen LogP contribution in [0.1, 0.15) is 42.2 Å². The molecular weight excluding hydrogens is 406 g/mol. The van der Waals surface area contributed by atoms with Crippen LogP contribution in [-0.4, -0.2) is 24.4 Å². The molecule has 156 valence electrons. The molecule has 0 bridgehead atoms. The number of nitrogens with two attached hydrogens (primary N) is 1. The molecule has 1 aliphatic heterocycles. The highest BCUT2D eigenvalue weighted by atomic mass is 35.5. The van der Waals surface area contributed by atoms with Gasteiger partial charge in [-0.05, 0) is 55.7 Å². The summed E-state index contributed by atoms with van der Waals surface area (Å²) >= 11 is 1.59. The Labute approximate surface area is 182 Å². The normalized spacial score (nSPS) is 22.7. The van der Waals surface area contributed by atoms with Crippen LogP contribution in [0.2, 0.25) is 0 Å². The summed E-state index contributed by atoms with van der Waals surface area (Å²) in [5, 5.41) is 5.06. The second kappa shape index (κ2) is 9.28. The minimum absolute atomic E-state index is 0. The summed E-state index contributed by atoms with van der Waals surface area (Å²) in [5.41, 5.74) is 8.15. The fourth-order valence-corrected chi connectivity index (χ4v) is 4.88. The van der Waals surface area contributed by atoms with E-state index in [9.17, 15) is 9.59 Å². The molecule has 0 spiro atoms. The first-order valence-electron chi connectivity index (χ1n) is 10.00. The van der Waals surface area contributed by atoms with Crippen molar-refractivity contribution >= 4 is 41.2 Å². The van der Waals surface area contributed by atoms with Gasteiger partial charge in [0, 0.05) is 29.6 Å². The molecule has 4 rings (SSSR count). The number of aryl methyl sites for hydroxylation is 1. The molecule has 1 saturated heterocycles. The van der Waals surface area contributed by atoms with Crippen molar-refractivity contribution < 1.29 is 9.59 Å². The number of thiophene rings is 1. The maximum Gasteiger partial charge on any atom is 0.227 e. The molecule has 2 aliphatic rings. The Hall–Kier alpha value is -1.89. The summed E-state index contributed by atoms with van der Waals surface area (Å²) in [6.07, 6.45) is 3.26. The molecular formula is C22H28ClN3O2S. The number of nitrogens with one attached hydrogen (secondary N) is 1. The molecule has 5 nitrogen and oxygen atoms in total. The van der Waals surface area contributed by atoms with Crippen molar-refractivity contribution in [1.82, 2.24) is 5.32 Å². The van der Waals surface area contributed by atoms with Crippen LogP contribution in [-0.2, 0) is 9.59 Å². The first kappa shape index (κ1) is 21.8. The van der Waals surface area contributed by atoms with E-state index in [4.69, 9.17) is 5.73 Å². The van der Waals surface area contributed by atoms with E-state index in [1.54, 1.807) is 11.3 Å². The number of carbonyl (C=O) groups excluding carboxylic acids is 2. The number of hydrogen-bond acceptors (Lipinski definition) is 4. The zero-order valence-corrected chi connectivity index (χ0v) is 18.2. The third-order valence-electron chi connectivity index (χ3n) is 5.82. The van der Waals surface area contributed by atoms with Gasteiger partial charge in [-0.25, -0.2) is 0 Å². The molecule has 1 aromatic carbocycles. The van der Waals surface area contributed by atoms with Gasteiger partial charge in [0.25, 0.3) is 0 Å². The Morgan fingerprint density at radius 1 is 1.24 bits per heavy atom. The molecule has 3 atom stereocenters. The van der Waals surface area contributed by atoms with E-state index in [0.717, 1.165) is 29.0 Å². The largest absolute Gasteiger partial charge is 0.354 e. The third-order valence-corrected chi connectivity index (χ3v) is 6.76. The number of amides is 2. The molecule has 2 aromatic rings. The summed E-state index contributed by atoms with van der Waals surface area (Å²) in [6, 6.07) is 11.7. The Bertz CT molecular complexity index is 836. The Morgan fingerprint density at radius 3 is 2.59 bits per heavy atom. The van der Waals surface area contributed by atoms with Crippen LogP contribution in [0.25, 0.3) is 0 Å². The van der Waals surface area contributed by atoms with Crippen LogP contribution in [0.3, 0.4) is 0 Å². The first-order chi connectivity index (χ1) is 13.5. The number of nitrogens with zero attached hydrogens (tertiary/aromatic N) is 1. The quantitative estimate of drug-likeness (QED) is 0.727. The van der Waals surface area contributed by atoms with Gasteiger partial charge in [0.1, 0.15) is 0 Å². The van der Waals surface area contributed by atoms with Gasteiger partial charge in [-0.3, -0.25) is 9.59 Å². The number of halogens is 1. The Kier molecular flexibility index (Phi) is 6.98. The Balaban J connectivity index is 0.00000240. The van der Waals surface area contributed by atoms with Crippen LogP contribution < -0.4 is 16.0 Å². The third kappa shape index (κ3) is 4.82. The number of benzene rings is 1. The van der Waals surface area contributed by atoms with E-state index in [2.05, 4.69) is 5.32 Å². The van der Waals surface area contributed by atoms with Crippen molar-refractivity contribution in [2.75, 3.05) is 11.4 Å². The lowest BCUT2D eigenvalue weighted by Crippen LogP contribution is -2.49. The molecule has 7 heteroatoms. The fraction of sp³-hybridized carbons (Fsp3) is 0.455. The summed E-state index contributed by atoms with van der Waals surface area (Å²) in [5.74, 6) is 0.342. The summed E-state index contributed by atoms with van der Waals surface area (Å²) in [4.78, 5) is 28.8. The maximum atomic E-state index is 13.1. The van der Waals surface area contributed by atoms with E-state index >= 15 is 0 Å². The second-order valence-electron chi connectivity index (χ2n) is 7.95. The van der Waals surface area contributed by atoms with E-state index in [1.807, 2.05) is 53.6 Å². The number of piperidine rings is 1. The van der Waals surface area contributed by atoms with E-state index in [1.165, 1.54) is 0 Å². The van der Waals surface area contributed by atoms with Gasteiger partial charge < -0.3 is 16.0 Å². The van der Waals surface area contributed by atoms with Crippen LogP contribution in [0, 0.1) is 18.8 Å². The van der Waals surface area contributed by atoms with Crippen molar-refractivity contribution in [3.8, 4) is 0 Å². The minimum atomic E-state index is -0.277. The summed E-state index contributed by atoms with van der Waals surface area (Å²) < 4.78 is 0. The van der Waals surface area contributed by atoms with Gasteiger partial charge in [-0.2, -0.15) is 0 Å². The molecule has 1 saturated carbocycles. The van der Waals surface area contributed by atoms with Gasteiger partial charge in [-0.15, -0.1) is 23.7 Å². The Morgan fingerprint density at radius 2 is 1.97 bits per heavy atom. The molecule has 2 amide bonds. The lowest BCUT2D eigenvalue weighted by Gasteiger charge is -2.40. The monoisotopic (exact) mass is 433 g/mol. The fourth-order valence-electron chi connectivity index (χ4n) is 4.00.